The summed E-state index contributed by atoms with van der Waals surface area (Å²) in [5, 5.41) is 0.840. The summed E-state index contributed by atoms with van der Waals surface area (Å²) >= 11 is 9.60. The lowest BCUT2D eigenvalue weighted by Crippen LogP contribution is -2.17. The van der Waals surface area contributed by atoms with Crippen LogP contribution in [0.4, 0.5) is 0 Å². The summed E-state index contributed by atoms with van der Waals surface area (Å²) in [4.78, 5) is 0. The zero-order valence-electron chi connectivity index (χ0n) is 7.19. The van der Waals surface area contributed by atoms with E-state index in [4.69, 9.17) is 17.3 Å². The molecule has 1 aliphatic carbocycles. The molecule has 3 heteroatoms. The second kappa shape index (κ2) is 3.60. The van der Waals surface area contributed by atoms with Crippen molar-refractivity contribution in [3.8, 4) is 0 Å². The minimum absolute atomic E-state index is 0.175. The minimum atomic E-state index is 0.175. The number of benzene rings is 1. The van der Waals surface area contributed by atoms with Crippen LogP contribution in [-0.2, 0) is 6.42 Å². The van der Waals surface area contributed by atoms with Crippen LogP contribution >= 0.6 is 27.5 Å². The molecule has 0 saturated heterocycles. The lowest BCUT2D eigenvalue weighted by atomic mass is 9.88. The summed E-state index contributed by atoms with van der Waals surface area (Å²) in [6.07, 6.45) is 3.27. The zero-order valence-corrected chi connectivity index (χ0v) is 9.53. The summed E-state index contributed by atoms with van der Waals surface area (Å²) in [5.74, 6) is 0. The molecule has 1 aliphatic rings. The first-order chi connectivity index (χ1) is 6.20. The molecule has 0 radical (unpaired) electrons. The number of hydrogen-bond donors (Lipinski definition) is 1. The van der Waals surface area contributed by atoms with Gasteiger partial charge in [-0.3, -0.25) is 0 Å². The van der Waals surface area contributed by atoms with Crippen molar-refractivity contribution in [2.45, 2.75) is 25.3 Å². The topological polar surface area (TPSA) is 26.0 Å². The molecule has 0 fully saturated rings. The van der Waals surface area contributed by atoms with E-state index in [9.17, 15) is 0 Å². The summed E-state index contributed by atoms with van der Waals surface area (Å²) in [7, 11) is 0. The molecular formula is C10H11BrClN. The van der Waals surface area contributed by atoms with Gasteiger partial charge in [-0.25, -0.2) is 0 Å². The molecule has 1 aromatic rings. The fourth-order valence-electron chi connectivity index (χ4n) is 1.86. The Balaban J connectivity index is 2.56. The maximum absolute atomic E-state index is 6.17. The molecule has 13 heavy (non-hydrogen) atoms. The van der Waals surface area contributed by atoms with Crippen molar-refractivity contribution in [2.75, 3.05) is 0 Å². The lowest BCUT2D eigenvalue weighted by molar-refractivity contribution is 0.570. The lowest BCUT2D eigenvalue weighted by Gasteiger charge is -2.23. The third-order valence-electron chi connectivity index (χ3n) is 2.57. The van der Waals surface area contributed by atoms with E-state index in [0.717, 1.165) is 28.8 Å². The predicted molar refractivity (Wildman–Crippen MR) is 59.0 cm³/mol. The molecule has 0 aliphatic heterocycles. The number of halogens is 2. The van der Waals surface area contributed by atoms with Gasteiger partial charge < -0.3 is 5.73 Å². The monoisotopic (exact) mass is 259 g/mol. The molecule has 0 unspecified atom stereocenters. The number of nitrogens with two attached hydrogens (primary N) is 1. The Labute approximate surface area is 91.4 Å². The average molecular weight is 261 g/mol. The van der Waals surface area contributed by atoms with E-state index in [-0.39, 0.29) is 6.04 Å². The van der Waals surface area contributed by atoms with Gasteiger partial charge in [-0.05, 0) is 52.4 Å². The highest BCUT2D eigenvalue weighted by atomic mass is 79.9. The molecule has 0 spiro atoms. The van der Waals surface area contributed by atoms with Crippen LogP contribution in [0.5, 0.6) is 0 Å². The van der Waals surface area contributed by atoms with Crippen LogP contribution < -0.4 is 5.73 Å². The van der Waals surface area contributed by atoms with Gasteiger partial charge in [0.25, 0.3) is 0 Å². The van der Waals surface area contributed by atoms with Crippen LogP contribution in [-0.4, -0.2) is 0 Å². The molecule has 0 bridgehead atoms. The van der Waals surface area contributed by atoms with Crippen LogP contribution in [0.25, 0.3) is 0 Å². The molecule has 1 nitrogen and oxygen atoms in total. The standard InChI is InChI=1S/C10H11BrClN/c11-8-5-4-6-7(10(8)12)2-1-3-9(6)13/h4-5,9H,1-3,13H2/t9-/m0/s1. The first kappa shape index (κ1) is 9.50. The van der Waals surface area contributed by atoms with Gasteiger partial charge in [-0.1, -0.05) is 17.7 Å². The maximum atomic E-state index is 6.17. The Kier molecular flexibility index (Phi) is 2.63. The van der Waals surface area contributed by atoms with Gasteiger partial charge in [0.05, 0.1) is 5.02 Å². The van der Waals surface area contributed by atoms with Crippen molar-refractivity contribution >= 4 is 27.5 Å². The fourth-order valence-corrected chi connectivity index (χ4v) is 2.50. The van der Waals surface area contributed by atoms with Crippen molar-refractivity contribution in [3.63, 3.8) is 0 Å². The summed E-state index contributed by atoms with van der Waals surface area (Å²) < 4.78 is 0.974. The van der Waals surface area contributed by atoms with Gasteiger partial charge in [0.1, 0.15) is 0 Å². The summed E-state index contributed by atoms with van der Waals surface area (Å²) in [6.45, 7) is 0. The SMILES string of the molecule is N[C@H]1CCCc2c1ccc(Br)c2Cl. The van der Waals surface area contributed by atoms with E-state index >= 15 is 0 Å². The quantitative estimate of drug-likeness (QED) is 0.760. The van der Waals surface area contributed by atoms with Crippen LogP contribution in [0.1, 0.15) is 30.0 Å². The second-order valence-corrected chi connectivity index (χ2v) is 4.66. The molecule has 0 amide bonds. The molecular weight excluding hydrogens is 249 g/mol. The molecule has 1 aromatic carbocycles. The molecule has 0 heterocycles. The van der Waals surface area contributed by atoms with Gasteiger partial charge in [-0.2, -0.15) is 0 Å². The fraction of sp³-hybridized carbons (Fsp3) is 0.400. The van der Waals surface area contributed by atoms with Crippen molar-refractivity contribution < 1.29 is 0 Å². The van der Waals surface area contributed by atoms with Crippen molar-refractivity contribution in [1.29, 1.82) is 0 Å². The van der Waals surface area contributed by atoms with Crippen molar-refractivity contribution in [3.05, 3.63) is 32.8 Å². The van der Waals surface area contributed by atoms with Gasteiger partial charge in [0, 0.05) is 10.5 Å². The summed E-state index contributed by atoms with van der Waals surface area (Å²) in [5.41, 5.74) is 8.44. The first-order valence-electron chi connectivity index (χ1n) is 4.42. The first-order valence-corrected chi connectivity index (χ1v) is 5.59. The molecule has 70 valence electrons. The van der Waals surface area contributed by atoms with Crippen molar-refractivity contribution in [2.24, 2.45) is 5.73 Å². The Bertz CT molecular complexity index is 338. The third-order valence-corrected chi connectivity index (χ3v) is 3.89. The Morgan fingerprint density at radius 2 is 2.23 bits per heavy atom. The van der Waals surface area contributed by atoms with Gasteiger partial charge in [0.2, 0.25) is 0 Å². The van der Waals surface area contributed by atoms with Gasteiger partial charge in [0.15, 0.2) is 0 Å². The summed E-state index contributed by atoms with van der Waals surface area (Å²) in [6, 6.07) is 4.23. The van der Waals surface area contributed by atoms with E-state index in [0.29, 0.717) is 0 Å². The average Bonchev–Trinajstić information content (AvgIpc) is 2.12. The van der Waals surface area contributed by atoms with Crippen LogP contribution in [0.2, 0.25) is 5.02 Å². The van der Waals surface area contributed by atoms with E-state index < -0.39 is 0 Å². The zero-order chi connectivity index (χ0) is 9.42. The molecule has 0 aromatic heterocycles. The predicted octanol–water partition coefficient (Wildman–Crippen LogP) is 3.44. The highest BCUT2D eigenvalue weighted by Gasteiger charge is 2.19. The molecule has 2 N–H and O–H groups in total. The Hall–Kier alpha value is -0.0500. The van der Waals surface area contributed by atoms with E-state index in [1.165, 1.54) is 11.1 Å². The maximum Gasteiger partial charge on any atom is 0.0583 e. The van der Waals surface area contributed by atoms with Gasteiger partial charge in [-0.15, -0.1) is 0 Å². The Morgan fingerprint density at radius 1 is 1.46 bits per heavy atom. The third kappa shape index (κ3) is 1.63. The smallest absolute Gasteiger partial charge is 0.0583 e. The van der Waals surface area contributed by atoms with Crippen LogP contribution in [0.15, 0.2) is 16.6 Å². The van der Waals surface area contributed by atoms with Crippen LogP contribution in [0, 0.1) is 0 Å². The minimum Gasteiger partial charge on any atom is -0.324 e. The van der Waals surface area contributed by atoms with E-state index in [1.54, 1.807) is 0 Å². The molecule has 0 saturated carbocycles. The van der Waals surface area contributed by atoms with E-state index in [2.05, 4.69) is 22.0 Å². The van der Waals surface area contributed by atoms with Crippen LogP contribution in [0.3, 0.4) is 0 Å². The van der Waals surface area contributed by atoms with Crippen molar-refractivity contribution in [1.82, 2.24) is 0 Å². The normalized spacial score (nSPS) is 21.3. The largest absolute Gasteiger partial charge is 0.324 e. The second-order valence-electron chi connectivity index (χ2n) is 3.43. The Morgan fingerprint density at radius 3 is 3.00 bits per heavy atom. The molecule has 2 rings (SSSR count). The number of fused-ring (bicyclic) bond motifs is 1. The van der Waals surface area contributed by atoms with Gasteiger partial charge >= 0.3 is 0 Å². The highest BCUT2D eigenvalue weighted by Crippen LogP contribution is 2.36. The van der Waals surface area contributed by atoms with E-state index in [1.807, 2.05) is 6.07 Å². The molecule has 1 atom stereocenters. The highest BCUT2D eigenvalue weighted by molar-refractivity contribution is 9.10. The number of rotatable bonds is 0. The number of hydrogen-bond acceptors (Lipinski definition) is 1.